The standard InChI is InChI=1S/C11H17NO4S/c1-7-3-9(8(2)17-7)10(16)12-11(4-13,5-14)6-15/h3,13-15H,4-6H2,1-2H3,(H,12,16). The van der Waals surface area contributed by atoms with Crippen LogP contribution >= 0.6 is 11.3 Å². The van der Waals surface area contributed by atoms with E-state index in [2.05, 4.69) is 5.32 Å². The van der Waals surface area contributed by atoms with Crippen molar-refractivity contribution in [2.45, 2.75) is 19.4 Å². The van der Waals surface area contributed by atoms with E-state index >= 15 is 0 Å². The van der Waals surface area contributed by atoms with E-state index in [1.54, 1.807) is 6.07 Å². The van der Waals surface area contributed by atoms with Gasteiger partial charge in [0.1, 0.15) is 5.54 Å². The van der Waals surface area contributed by atoms with Crippen molar-refractivity contribution >= 4 is 17.2 Å². The maximum absolute atomic E-state index is 11.9. The van der Waals surface area contributed by atoms with E-state index in [-0.39, 0.29) is 0 Å². The molecular formula is C11H17NO4S. The minimum absolute atomic E-state index is 0.399. The van der Waals surface area contributed by atoms with Gasteiger partial charge in [0.05, 0.1) is 25.4 Å². The summed E-state index contributed by atoms with van der Waals surface area (Å²) in [6.07, 6.45) is 0. The molecule has 1 aromatic heterocycles. The Morgan fingerprint density at radius 1 is 1.29 bits per heavy atom. The lowest BCUT2D eigenvalue weighted by Gasteiger charge is -2.28. The molecule has 0 saturated heterocycles. The first-order valence-corrected chi connectivity index (χ1v) is 6.02. The molecule has 0 saturated carbocycles. The van der Waals surface area contributed by atoms with E-state index in [9.17, 15) is 4.79 Å². The van der Waals surface area contributed by atoms with E-state index in [0.717, 1.165) is 9.75 Å². The minimum atomic E-state index is -1.38. The Morgan fingerprint density at radius 2 is 1.82 bits per heavy atom. The molecule has 0 aliphatic rings. The fraction of sp³-hybridized carbons (Fsp3) is 0.545. The lowest BCUT2D eigenvalue weighted by atomic mass is 10.0. The summed E-state index contributed by atoms with van der Waals surface area (Å²) in [5, 5.41) is 29.8. The lowest BCUT2D eigenvalue weighted by molar-refractivity contribution is 0.0375. The van der Waals surface area contributed by atoms with Gasteiger partial charge in [-0.3, -0.25) is 4.79 Å². The number of thiophene rings is 1. The summed E-state index contributed by atoms with van der Waals surface area (Å²) in [5.74, 6) is -0.399. The highest BCUT2D eigenvalue weighted by atomic mass is 32.1. The van der Waals surface area contributed by atoms with E-state index in [1.165, 1.54) is 11.3 Å². The highest BCUT2D eigenvalue weighted by molar-refractivity contribution is 7.12. The molecule has 1 rings (SSSR count). The van der Waals surface area contributed by atoms with Crippen molar-refractivity contribution in [3.63, 3.8) is 0 Å². The monoisotopic (exact) mass is 259 g/mol. The summed E-state index contributed by atoms with van der Waals surface area (Å²) in [6, 6.07) is 1.74. The fourth-order valence-electron chi connectivity index (χ4n) is 1.43. The van der Waals surface area contributed by atoms with Crippen LogP contribution in [0.4, 0.5) is 0 Å². The lowest BCUT2D eigenvalue weighted by Crippen LogP contribution is -2.57. The summed E-state index contributed by atoms with van der Waals surface area (Å²) in [4.78, 5) is 13.8. The third-order valence-corrected chi connectivity index (χ3v) is 3.54. The topological polar surface area (TPSA) is 89.8 Å². The second-order valence-electron chi connectivity index (χ2n) is 4.04. The fourth-order valence-corrected chi connectivity index (χ4v) is 2.35. The zero-order valence-corrected chi connectivity index (χ0v) is 10.7. The van der Waals surface area contributed by atoms with Crippen LogP contribution in [0.25, 0.3) is 0 Å². The summed E-state index contributed by atoms with van der Waals surface area (Å²) in [6.45, 7) is 2.16. The second-order valence-corrected chi connectivity index (χ2v) is 5.50. The van der Waals surface area contributed by atoms with Gasteiger partial charge in [0, 0.05) is 9.75 Å². The van der Waals surface area contributed by atoms with Gasteiger partial charge in [-0.1, -0.05) is 0 Å². The molecule has 0 aliphatic carbocycles. The van der Waals surface area contributed by atoms with Gasteiger partial charge in [0.2, 0.25) is 0 Å². The third-order valence-electron chi connectivity index (χ3n) is 2.57. The molecule has 96 valence electrons. The number of carbonyl (C=O) groups is 1. The van der Waals surface area contributed by atoms with Crippen LogP contribution in [0, 0.1) is 13.8 Å². The van der Waals surface area contributed by atoms with Crippen molar-refractivity contribution in [2.75, 3.05) is 19.8 Å². The zero-order valence-electron chi connectivity index (χ0n) is 9.86. The molecule has 1 amide bonds. The average Bonchev–Trinajstić information content (AvgIpc) is 2.65. The number of aryl methyl sites for hydroxylation is 2. The van der Waals surface area contributed by atoms with Crippen molar-refractivity contribution in [1.82, 2.24) is 5.32 Å². The van der Waals surface area contributed by atoms with Crippen LogP contribution < -0.4 is 5.32 Å². The molecule has 17 heavy (non-hydrogen) atoms. The highest BCUT2D eigenvalue weighted by Gasteiger charge is 2.30. The van der Waals surface area contributed by atoms with Gasteiger partial charge in [-0.05, 0) is 19.9 Å². The van der Waals surface area contributed by atoms with Crippen LogP contribution in [-0.2, 0) is 0 Å². The molecule has 0 aliphatic heterocycles. The molecule has 5 nitrogen and oxygen atoms in total. The van der Waals surface area contributed by atoms with Gasteiger partial charge in [0.25, 0.3) is 5.91 Å². The largest absolute Gasteiger partial charge is 0.394 e. The van der Waals surface area contributed by atoms with E-state index in [1.807, 2.05) is 13.8 Å². The molecule has 6 heteroatoms. The number of hydrogen-bond donors (Lipinski definition) is 4. The predicted molar refractivity (Wildman–Crippen MR) is 65.2 cm³/mol. The van der Waals surface area contributed by atoms with Gasteiger partial charge in [-0.2, -0.15) is 0 Å². The summed E-state index contributed by atoms with van der Waals surface area (Å²) < 4.78 is 0. The van der Waals surface area contributed by atoms with Gasteiger partial charge in [0.15, 0.2) is 0 Å². The van der Waals surface area contributed by atoms with E-state index in [4.69, 9.17) is 15.3 Å². The number of rotatable bonds is 5. The highest BCUT2D eigenvalue weighted by Crippen LogP contribution is 2.21. The average molecular weight is 259 g/mol. The molecular weight excluding hydrogens is 242 g/mol. The van der Waals surface area contributed by atoms with Crippen LogP contribution in [0.15, 0.2) is 6.07 Å². The van der Waals surface area contributed by atoms with Crippen molar-refractivity contribution < 1.29 is 20.1 Å². The molecule has 4 N–H and O–H groups in total. The van der Waals surface area contributed by atoms with Gasteiger partial charge < -0.3 is 20.6 Å². The second kappa shape index (κ2) is 5.59. The van der Waals surface area contributed by atoms with Gasteiger partial charge >= 0.3 is 0 Å². The van der Waals surface area contributed by atoms with Crippen LogP contribution in [0.3, 0.4) is 0 Å². The number of hydrogen-bond acceptors (Lipinski definition) is 5. The normalized spacial score (nSPS) is 11.6. The van der Waals surface area contributed by atoms with Gasteiger partial charge in [-0.25, -0.2) is 0 Å². The summed E-state index contributed by atoms with van der Waals surface area (Å²) in [5.41, 5.74) is -0.869. The van der Waals surface area contributed by atoms with E-state index in [0.29, 0.717) is 5.56 Å². The van der Waals surface area contributed by atoms with Crippen molar-refractivity contribution in [3.05, 3.63) is 21.4 Å². The molecule has 0 radical (unpaired) electrons. The number of aliphatic hydroxyl groups excluding tert-OH is 3. The van der Waals surface area contributed by atoms with Crippen molar-refractivity contribution in [3.8, 4) is 0 Å². The predicted octanol–water partition coefficient (Wildman–Crippen LogP) is -0.190. The molecule has 0 fully saturated rings. The Labute approximate surface area is 104 Å². The molecule has 0 atom stereocenters. The van der Waals surface area contributed by atoms with E-state index < -0.39 is 31.3 Å². The quantitative estimate of drug-likeness (QED) is 0.590. The maximum Gasteiger partial charge on any atom is 0.253 e. The van der Waals surface area contributed by atoms with Gasteiger partial charge in [-0.15, -0.1) is 11.3 Å². The Balaban J connectivity index is 2.88. The minimum Gasteiger partial charge on any atom is -0.394 e. The van der Waals surface area contributed by atoms with Crippen LogP contribution in [0.2, 0.25) is 0 Å². The number of carbonyl (C=O) groups excluding carboxylic acids is 1. The molecule has 1 aromatic rings. The third kappa shape index (κ3) is 3.04. The SMILES string of the molecule is Cc1cc(C(=O)NC(CO)(CO)CO)c(C)s1. The van der Waals surface area contributed by atoms with Crippen LogP contribution in [0.1, 0.15) is 20.1 Å². The molecule has 1 heterocycles. The van der Waals surface area contributed by atoms with Crippen LogP contribution in [-0.4, -0.2) is 46.6 Å². The molecule has 0 spiro atoms. The molecule has 0 unspecified atom stereocenters. The first kappa shape index (κ1) is 14.1. The summed E-state index contributed by atoms with van der Waals surface area (Å²) >= 11 is 1.50. The van der Waals surface area contributed by atoms with Crippen molar-refractivity contribution in [1.29, 1.82) is 0 Å². The number of aliphatic hydroxyl groups is 3. The maximum atomic E-state index is 11.9. The van der Waals surface area contributed by atoms with Crippen LogP contribution in [0.5, 0.6) is 0 Å². The Bertz CT molecular complexity index is 390. The first-order chi connectivity index (χ1) is 7.98. The Morgan fingerprint density at radius 3 is 2.18 bits per heavy atom. The molecule has 0 bridgehead atoms. The Hall–Kier alpha value is -0.950. The van der Waals surface area contributed by atoms with Crippen molar-refractivity contribution in [2.24, 2.45) is 0 Å². The first-order valence-electron chi connectivity index (χ1n) is 5.20. The zero-order chi connectivity index (χ0) is 13.1. The number of nitrogens with one attached hydrogen (secondary N) is 1. The summed E-state index contributed by atoms with van der Waals surface area (Å²) in [7, 11) is 0. The smallest absolute Gasteiger partial charge is 0.253 e. The molecule has 0 aromatic carbocycles. The number of amides is 1. The Kier molecular flexibility index (Phi) is 4.64.